The third-order valence-electron chi connectivity index (χ3n) is 3.30. The SMILES string of the molecule is CC1(C)CCc2ccccc2[C@@H](N)C1. The number of benzene rings is 1. The molecule has 14 heavy (non-hydrogen) atoms. The highest BCUT2D eigenvalue weighted by Crippen LogP contribution is 2.37. The van der Waals surface area contributed by atoms with Gasteiger partial charge in [0.25, 0.3) is 0 Å². The maximum atomic E-state index is 6.22. The summed E-state index contributed by atoms with van der Waals surface area (Å²) < 4.78 is 0. The van der Waals surface area contributed by atoms with E-state index in [1.54, 1.807) is 0 Å². The molecule has 0 fully saturated rings. The van der Waals surface area contributed by atoms with Crippen LogP contribution in [0.25, 0.3) is 0 Å². The highest BCUT2D eigenvalue weighted by Gasteiger charge is 2.26. The first-order valence-corrected chi connectivity index (χ1v) is 5.42. The molecule has 0 heterocycles. The minimum Gasteiger partial charge on any atom is -0.324 e. The van der Waals surface area contributed by atoms with E-state index in [1.165, 1.54) is 24.0 Å². The van der Waals surface area contributed by atoms with Gasteiger partial charge in [-0.2, -0.15) is 0 Å². The van der Waals surface area contributed by atoms with Crippen molar-refractivity contribution in [2.24, 2.45) is 11.1 Å². The van der Waals surface area contributed by atoms with Gasteiger partial charge in [0.15, 0.2) is 0 Å². The molecule has 0 aromatic heterocycles. The van der Waals surface area contributed by atoms with Crippen molar-refractivity contribution in [1.29, 1.82) is 0 Å². The lowest BCUT2D eigenvalue weighted by Crippen LogP contribution is -2.19. The molecule has 2 rings (SSSR count). The monoisotopic (exact) mass is 189 g/mol. The average Bonchev–Trinajstić information content (AvgIpc) is 2.24. The summed E-state index contributed by atoms with van der Waals surface area (Å²) in [6, 6.07) is 8.84. The van der Waals surface area contributed by atoms with Gasteiger partial charge in [0.1, 0.15) is 0 Å². The molecule has 1 heteroatoms. The topological polar surface area (TPSA) is 26.0 Å². The molecule has 0 unspecified atom stereocenters. The van der Waals surface area contributed by atoms with Crippen molar-refractivity contribution < 1.29 is 0 Å². The van der Waals surface area contributed by atoms with Gasteiger partial charge < -0.3 is 5.73 Å². The minimum atomic E-state index is 0.226. The molecule has 0 aliphatic heterocycles. The largest absolute Gasteiger partial charge is 0.324 e. The Morgan fingerprint density at radius 3 is 2.79 bits per heavy atom. The predicted octanol–water partition coefficient (Wildman–Crippen LogP) is 3.05. The molecule has 0 saturated heterocycles. The Balaban J connectivity index is 2.36. The zero-order valence-electron chi connectivity index (χ0n) is 9.09. The number of nitrogens with two attached hydrogens (primary N) is 1. The number of aryl methyl sites for hydroxylation is 1. The molecule has 1 nitrogen and oxygen atoms in total. The van der Waals surface area contributed by atoms with Crippen molar-refractivity contribution in [2.45, 2.75) is 39.2 Å². The van der Waals surface area contributed by atoms with Gasteiger partial charge in [0.2, 0.25) is 0 Å². The Hall–Kier alpha value is -0.820. The maximum Gasteiger partial charge on any atom is 0.0302 e. The van der Waals surface area contributed by atoms with Crippen LogP contribution in [0, 0.1) is 5.41 Å². The van der Waals surface area contributed by atoms with Crippen LogP contribution in [0.4, 0.5) is 0 Å². The minimum absolute atomic E-state index is 0.226. The lowest BCUT2D eigenvalue weighted by molar-refractivity contribution is 0.294. The molecule has 1 aliphatic rings. The summed E-state index contributed by atoms with van der Waals surface area (Å²) in [6.45, 7) is 4.64. The van der Waals surface area contributed by atoms with E-state index in [4.69, 9.17) is 5.73 Å². The summed E-state index contributed by atoms with van der Waals surface area (Å²) in [5.41, 5.74) is 9.42. The van der Waals surface area contributed by atoms with E-state index in [0.29, 0.717) is 5.41 Å². The van der Waals surface area contributed by atoms with Crippen LogP contribution in [0.3, 0.4) is 0 Å². The number of hydrogen-bond donors (Lipinski definition) is 1. The molecule has 1 aliphatic carbocycles. The number of hydrogen-bond acceptors (Lipinski definition) is 1. The first kappa shape index (κ1) is 9.72. The van der Waals surface area contributed by atoms with Crippen LogP contribution in [0.15, 0.2) is 24.3 Å². The standard InChI is InChI=1S/C13H19N/c1-13(2)8-7-10-5-3-4-6-11(10)12(14)9-13/h3-6,12H,7-9,14H2,1-2H3/t12-/m0/s1. The van der Waals surface area contributed by atoms with Gasteiger partial charge in [-0.05, 0) is 35.8 Å². The first-order chi connectivity index (χ1) is 6.58. The van der Waals surface area contributed by atoms with Crippen LogP contribution < -0.4 is 5.73 Å². The third kappa shape index (κ3) is 1.83. The van der Waals surface area contributed by atoms with E-state index in [9.17, 15) is 0 Å². The summed E-state index contributed by atoms with van der Waals surface area (Å²) in [4.78, 5) is 0. The molecule has 0 amide bonds. The van der Waals surface area contributed by atoms with Gasteiger partial charge in [-0.25, -0.2) is 0 Å². The van der Waals surface area contributed by atoms with Gasteiger partial charge >= 0.3 is 0 Å². The molecule has 76 valence electrons. The normalized spacial score (nSPS) is 25.2. The van der Waals surface area contributed by atoms with E-state index in [-0.39, 0.29) is 6.04 Å². The van der Waals surface area contributed by atoms with E-state index < -0.39 is 0 Å². The van der Waals surface area contributed by atoms with Gasteiger partial charge in [-0.1, -0.05) is 38.1 Å². The van der Waals surface area contributed by atoms with Crippen molar-refractivity contribution in [3.05, 3.63) is 35.4 Å². The molecule has 1 aromatic rings. The van der Waals surface area contributed by atoms with E-state index in [2.05, 4.69) is 38.1 Å². The molecule has 0 bridgehead atoms. The summed E-state index contributed by atoms with van der Waals surface area (Å²) in [5, 5.41) is 0. The fourth-order valence-electron chi connectivity index (χ4n) is 2.40. The van der Waals surface area contributed by atoms with Crippen LogP contribution in [0.1, 0.15) is 43.9 Å². The number of rotatable bonds is 0. The van der Waals surface area contributed by atoms with Crippen LogP contribution >= 0.6 is 0 Å². The van der Waals surface area contributed by atoms with E-state index >= 15 is 0 Å². The fourth-order valence-corrected chi connectivity index (χ4v) is 2.40. The molecule has 1 aromatic carbocycles. The Labute approximate surface area is 86.3 Å². The highest BCUT2D eigenvalue weighted by molar-refractivity contribution is 5.31. The second kappa shape index (κ2) is 3.39. The van der Waals surface area contributed by atoms with E-state index in [0.717, 1.165) is 6.42 Å². The Morgan fingerprint density at radius 2 is 2.00 bits per heavy atom. The van der Waals surface area contributed by atoms with Crippen molar-refractivity contribution in [2.75, 3.05) is 0 Å². The quantitative estimate of drug-likeness (QED) is 0.624. The van der Waals surface area contributed by atoms with E-state index in [1.807, 2.05) is 0 Å². The summed E-state index contributed by atoms with van der Waals surface area (Å²) in [5.74, 6) is 0. The van der Waals surface area contributed by atoms with Crippen LogP contribution in [0.5, 0.6) is 0 Å². The first-order valence-electron chi connectivity index (χ1n) is 5.42. The zero-order chi connectivity index (χ0) is 10.2. The Bertz CT molecular complexity index is 328. The van der Waals surface area contributed by atoms with Crippen molar-refractivity contribution in [3.63, 3.8) is 0 Å². The number of fused-ring (bicyclic) bond motifs is 1. The molecular formula is C13H19N. The highest BCUT2D eigenvalue weighted by atomic mass is 14.6. The van der Waals surface area contributed by atoms with Gasteiger partial charge in [-0.15, -0.1) is 0 Å². The lowest BCUT2D eigenvalue weighted by atomic mass is 9.83. The molecule has 0 radical (unpaired) electrons. The second-order valence-electron chi connectivity index (χ2n) is 5.17. The smallest absolute Gasteiger partial charge is 0.0302 e. The maximum absolute atomic E-state index is 6.22. The predicted molar refractivity (Wildman–Crippen MR) is 60.1 cm³/mol. The second-order valence-corrected chi connectivity index (χ2v) is 5.17. The third-order valence-corrected chi connectivity index (χ3v) is 3.30. The van der Waals surface area contributed by atoms with Crippen molar-refractivity contribution >= 4 is 0 Å². The molecular weight excluding hydrogens is 170 g/mol. The molecule has 1 atom stereocenters. The summed E-state index contributed by atoms with van der Waals surface area (Å²) in [7, 11) is 0. The van der Waals surface area contributed by atoms with Gasteiger partial charge in [0.05, 0.1) is 0 Å². The molecule has 2 N–H and O–H groups in total. The lowest BCUT2D eigenvalue weighted by Gasteiger charge is -2.24. The molecule has 0 spiro atoms. The Morgan fingerprint density at radius 1 is 1.29 bits per heavy atom. The fraction of sp³-hybridized carbons (Fsp3) is 0.538. The van der Waals surface area contributed by atoms with Crippen LogP contribution in [-0.4, -0.2) is 0 Å². The average molecular weight is 189 g/mol. The Kier molecular flexibility index (Phi) is 2.36. The van der Waals surface area contributed by atoms with Gasteiger partial charge in [0, 0.05) is 6.04 Å². The van der Waals surface area contributed by atoms with Crippen LogP contribution in [0.2, 0.25) is 0 Å². The zero-order valence-corrected chi connectivity index (χ0v) is 9.09. The summed E-state index contributed by atoms with van der Waals surface area (Å²) >= 11 is 0. The van der Waals surface area contributed by atoms with Gasteiger partial charge in [-0.3, -0.25) is 0 Å². The molecule has 0 saturated carbocycles. The van der Waals surface area contributed by atoms with Crippen LogP contribution in [-0.2, 0) is 6.42 Å². The van der Waals surface area contributed by atoms with Crippen molar-refractivity contribution in [3.8, 4) is 0 Å². The van der Waals surface area contributed by atoms with Crippen molar-refractivity contribution in [1.82, 2.24) is 0 Å². The summed E-state index contributed by atoms with van der Waals surface area (Å²) in [6.07, 6.45) is 3.53.